The van der Waals surface area contributed by atoms with Crippen LogP contribution in [0.1, 0.15) is 39.5 Å². The fourth-order valence-electron chi connectivity index (χ4n) is 2.41. The summed E-state index contributed by atoms with van der Waals surface area (Å²) in [7, 11) is 0. The van der Waals surface area contributed by atoms with Gasteiger partial charge in [0.25, 0.3) is 0 Å². The van der Waals surface area contributed by atoms with Crippen LogP contribution in [0.4, 0.5) is 0 Å². The van der Waals surface area contributed by atoms with Crippen LogP contribution >= 0.6 is 11.8 Å². The fourth-order valence-corrected chi connectivity index (χ4v) is 3.16. The van der Waals surface area contributed by atoms with Crippen molar-refractivity contribution in [3.8, 4) is 0 Å². The van der Waals surface area contributed by atoms with Crippen molar-refractivity contribution in [1.82, 2.24) is 25.5 Å². The standard InChI is InChI=1S/C12H21N5OS/c1-3-17-12(14-15-16-17)19-8-11(18)13-10-7-5-4-6-9(10)2/h9-10H,3-8H2,1-2H3,(H,13,18)/t9-,10+/m1/s1. The molecule has 0 bridgehead atoms. The van der Waals surface area contributed by atoms with E-state index in [0.29, 0.717) is 22.9 Å². The van der Waals surface area contributed by atoms with E-state index >= 15 is 0 Å². The highest BCUT2D eigenvalue weighted by molar-refractivity contribution is 7.99. The summed E-state index contributed by atoms with van der Waals surface area (Å²) in [6.07, 6.45) is 4.82. The first-order valence-corrected chi connectivity index (χ1v) is 7.87. The number of tetrazole rings is 1. The lowest BCUT2D eigenvalue weighted by Gasteiger charge is -2.29. The predicted molar refractivity (Wildman–Crippen MR) is 73.8 cm³/mol. The van der Waals surface area contributed by atoms with E-state index in [-0.39, 0.29) is 5.91 Å². The van der Waals surface area contributed by atoms with Crippen LogP contribution in [-0.4, -0.2) is 37.9 Å². The molecule has 1 saturated carbocycles. The van der Waals surface area contributed by atoms with Crippen molar-refractivity contribution >= 4 is 17.7 Å². The second kappa shape index (κ2) is 6.88. The first-order valence-electron chi connectivity index (χ1n) is 6.89. The van der Waals surface area contributed by atoms with Gasteiger partial charge in [0, 0.05) is 12.6 Å². The summed E-state index contributed by atoms with van der Waals surface area (Å²) in [5.74, 6) is 1.04. The van der Waals surface area contributed by atoms with E-state index in [1.54, 1.807) is 4.68 Å². The van der Waals surface area contributed by atoms with Crippen LogP contribution in [0.3, 0.4) is 0 Å². The van der Waals surface area contributed by atoms with Gasteiger partial charge in [-0.3, -0.25) is 4.79 Å². The molecule has 6 nitrogen and oxygen atoms in total. The van der Waals surface area contributed by atoms with Crippen LogP contribution in [0.2, 0.25) is 0 Å². The molecule has 0 aliphatic heterocycles. The normalized spacial score (nSPS) is 23.3. The molecule has 1 fully saturated rings. The van der Waals surface area contributed by atoms with Gasteiger partial charge in [0.1, 0.15) is 0 Å². The Labute approximate surface area is 117 Å². The summed E-state index contributed by atoms with van der Waals surface area (Å²) >= 11 is 1.39. The summed E-state index contributed by atoms with van der Waals surface area (Å²) in [5.41, 5.74) is 0. The van der Waals surface area contributed by atoms with Gasteiger partial charge in [-0.25, -0.2) is 4.68 Å². The number of nitrogens with one attached hydrogen (secondary N) is 1. The van der Waals surface area contributed by atoms with Crippen molar-refractivity contribution < 1.29 is 4.79 Å². The largest absolute Gasteiger partial charge is 0.352 e. The third kappa shape index (κ3) is 3.92. The van der Waals surface area contributed by atoms with E-state index in [4.69, 9.17) is 0 Å². The minimum Gasteiger partial charge on any atom is -0.352 e. The number of nitrogens with zero attached hydrogens (tertiary/aromatic N) is 4. The average Bonchev–Trinajstić information content (AvgIpc) is 2.86. The van der Waals surface area contributed by atoms with Crippen LogP contribution in [0.15, 0.2) is 5.16 Å². The Morgan fingerprint density at radius 2 is 2.26 bits per heavy atom. The minimum atomic E-state index is 0.0782. The van der Waals surface area contributed by atoms with Gasteiger partial charge in [-0.2, -0.15) is 0 Å². The van der Waals surface area contributed by atoms with Crippen molar-refractivity contribution in [3.05, 3.63) is 0 Å². The topological polar surface area (TPSA) is 72.7 Å². The highest BCUT2D eigenvalue weighted by atomic mass is 32.2. The Hall–Kier alpha value is -1.11. The van der Waals surface area contributed by atoms with Gasteiger partial charge in [-0.15, -0.1) is 5.10 Å². The summed E-state index contributed by atoms with van der Waals surface area (Å²) in [6, 6.07) is 0.337. The smallest absolute Gasteiger partial charge is 0.230 e. The summed E-state index contributed by atoms with van der Waals surface area (Å²) in [4.78, 5) is 11.9. The molecule has 2 atom stereocenters. The van der Waals surface area contributed by atoms with Crippen molar-refractivity contribution in [2.45, 2.75) is 57.3 Å². The van der Waals surface area contributed by atoms with E-state index in [1.165, 1.54) is 31.0 Å². The van der Waals surface area contributed by atoms with Gasteiger partial charge in [0.05, 0.1) is 5.75 Å². The van der Waals surface area contributed by atoms with Gasteiger partial charge in [0.2, 0.25) is 11.1 Å². The zero-order chi connectivity index (χ0) is 13.7. The maximum atomic E-state index is 11.9. The van der Waals surface area contributed by atoms with Crippen LogP contribution in [0, 0.1) is 5.92 Å². The molecule has 1 aromatic heterocycles. The number of hydrogen-bond donors (Lipinski definition) is 1. The molecule has 0 saturated heterocycles. The van der Waals surface area contributed by atoms with Gasteiger partial charge < -0.3 is 5.32 Å². The molecule has 2 rings (SSSR count). The predicted octanol–water partition coefficient (Wildman–Crippen LogP) is 1.48. The number of rotatable bonds is 5. The Balaban J connectivity index is 1.78. The molecule has 0 unspecified atom stereocenters. The Morgan fingerprint density at radius 3 is 3.00 bits per heavy atom. The maximum Gasteiger partial charge on any atom is 0.230 e. The number of aryl methyl sites for hydroxylation is 1. The molecular weight excluding hydrogens is 262 g/mol. The molecule has 106 valence electrons. The van der Waals surface area contributed by atoms with E-state index in [9.17, 15) is 4.79 Å². The first-order chi connectivity index (χ1) is 9.20. The molecule has 1 aliphatic rings. The molecule has 0 spiro atoms. The lowest BCUT2D eigenvalue weighted by molar-refractivity contribution is -0.119. The molecule has 1 heterocycles. The molecule has 0 radical (unpaired) electrons. The molecule has 7 heteroatoms. The van der Waals surface area contributed by atoms with Crippen molar-refractivity contribution in [2.24, 2.45) is 5.92 Å². The quantitative estimate of drug-likeness (QED) is 0.829. The second-order valence-corrected chi connectivity index (χ2v) is 5.94. The third-order valence-electron chi connectivity index (χ3n) is 3.59. The number of thioether (sulfide) groups is 1. The van der Waals surface area contributed by atoms with Crippen molar-refractivity contribution in [2.75, 3.05) is 5.75 Å². The lowest BCUT2D eigenvalue weighted by Crippen LogP contribution is -2.41. The zero-order valence-corrected chi connectivity index (χ0v) is 12.3. The van der Waals surface area contributed by atoms with Gasteiger partial charge in [-0.05, 0) is 36.1 Å². The first kappa shape index (κ1) is 14.3. The van der Waals surface area contributed by atoms with Crippen molar-refractivity contribution in [1.29, 1.82) is 0 Å². The fraction of sp³-hybridized carbons (Fsp3) is 0.833. The highest BCUT2D eigenvalue weighted by Crippen LogP contribution is 2.24. The highest BCUT2D eigenvalue weighted by Gasteiger charge is 2.22. The Morgan fingerprint density at radius 1 is 1.47 bits per heavy atom. The average molecular weight is 283 g/mol. The SMILES string of the molecule is CCn1nnnc1SCC(=O)N[C@H]1CCCC[C@H]1C. The molecule has 1 aromatic rings. The lowest BCUT2D eigenvalue weighted by atomic mass is 9.86. The summed E-state index contributed by atoms with van der Waals surface area (Å²) in [6.45, 7) is 4.91. The molecule has 1 N–H and O–H groups in total. The number of carbonyl (C=O) groups is 1. The zero-order valence-electron chi connectivity index (χ0n) is 11.5. The van der Waals surface area contributed by atoms with Gasteiger partial charge in [-0.1, -0.05) is 31.5 Å². The van der Waals surface area contributed by atoms with E-state index in [2.05, 4.69) is 27.8 Å². The van der Waals surface area contributed by atoms with E-state index < -0.39 is 0 Å². The molecular formula is C12H21N5OS. The van der Waals surface area contributed by atoms with Crippen LogP contribution < -0.4 is 5.32 Å². The number of aromatic nitrogens is 4. The molecule has 1 amide bonds. The number of amides is 1. The second-order valence-electron chi connectivity index (χ2n) is 5.00. The summed E-state index contributed by atoms with van der Waals surface area (Å²) in [5, 5.41) is 15.2. The number of carbonyl (C=O) groups excluding carboxylic acids is 1. The maximum absolute atomic E-state index is 11.9. The Bertz CT molecular complexity index is 422. The van der Waals surface area contributed by atoms with Crippen molar-refractivity contribution in [3.63, 3.8) is 0 Å². The summed E-state index contributed by atoms with van der Waals surface area (Å²) < 4.78 is 1.70. The molecule has 0 aromatic carbocycles. The van der Waals surface area contributed by atoms with Gasteiger partial charge in [0.15, 0.2) is 0 Å². The van der Waals surface area contributed by atoms with Crippen LogP contribution in [-0.2, 0) is 11.3 Å². The monoisotopic (exact) mass is 283 g/mol. The molecule has 1 aliphatic carbocycles. The van der Waals surface area contributed by atoms with E-state index in [1.807, 2.05) is 6.92 Å². The van der Waals surface area contributed by atoms with Crippen LogP contribution in [0.25, 0.3) is 0 Å². The van der Waals surface area contributed by atoms with Gasteiger partial charge >= 0.3 is 0 Å². The number of hydrogen-bond acceptors (Lipinski definition) is 5. The van der Waals surface area contributed by atoms with Crippen LogP contribution in [0.5, 0.6) is 0 Å². The Kier molecular flexibility index (Phi) is 5.18. The minimum absolute atomic E-state index is 0.0782. The van der Waals surface area contributed by atoms with E-state index in [0.717, 1.165) is 13.0 Å². The third-order valence-corrected chi connectivity index (χ3v) is 4.55. The molecule has 19 heavy (non-hydrogen) atoms.